The summed E-state index contributed by atoms with van der Waals surface area (Å²) in [5.74, 6) is -4.83. The average molecular weight is 396 g/mol. The number of nitrogens with one attached hydrogen (secondary N) is 2. The molecular formula is C19H19F3N2O4. The van der Waals surface area contributed by atoms with Gasteiger partial charge in [-0.15, -0.1) is 0 Å². The molecule has 0 radical (unpaired) electrons. The number of halogens is 3. The van der Waals surface area contributed by atoms with Crippen molar-refractivity contribution in [1.29, 1.82) is 0 Å². The maximum absolute atomic E-state index is 13.5. The van der Waals surface area contributed by atoms with Crippen molar-refractivity contribution in [3.63, 3.8) is 0 Å². The molecule has 150 valence electrons. The molecule has 0 saturated carbocycles. The third-order valence-corrected chi connectivity index (χ3v) is 3.83. The Bertz CT molecular complexity index is 874. The second-order valence-electron chi connectivity index (χ2n) is 5.69. The Morgan fingerprint density at radius 3 is 2.25 bits per heavy atom. The molecule has 0 aromatic heterocycles. The van der Waals surface area contributed by atoms with E-state index in [4.69, 9.17) is 9.47 Å². The van der Waals surface area contributed by atoms with Crippen LogP contribution in [0.25, 0.3) is 0 Å². The molecule has 2 N–H and O–H groups in total. The Hall–Kier alpha value is -3.23. The van der Waals surface area contributed by atoms with Crippen molar-refractivity contribution in [2.24, 2.45) is 0 Å². The van der Waals surface area contributed by atoms with Gasteiger partial charge in [-0.05, 0) is 29.8 Å². The van der Waals surface area contributed by atoms with Crippen molar-refractivity contribution in [3.8, 4) is 11.5 Å². The normalized spacial score (nSPS) is 10.3. The molecule has 0 aliphatic heterocycles. The van der Waals surface area contributed by atoms with E-state index < -0.39 is 28.9 Å². The lowest BCUT2D eigenvalue weighted by Gasteiger charge is -2.10. The van der Waals surface area contributed by atoms with E-state index in [-0.39, 0.29) is 25.4 Å². The van der Waals surface area contributed by atoms with Crippen molar-refractivity contribution in [2.75, 3.05) is 27.3 Å². The Balaban J connectivity index is 1.81. The molecule has 0 aliphatic carbocycles. The van der Waals surface area contributed by atoms with Gasteiger partial charge >= 0.3 is 0 Å². The van der Waals surface area contributed by atoms with Gasteiger partial charge in [0, 0.05) is 13.1 Å². The molecule has 6 nitrogen and oxygen atoms in total. The molecule has 2 aromatic rings. The quantitative estimate of drug-likeness (QED) is 0.530. The fraction of sp³-hybridized carbons (Fsp3) is 0.263. The first-order chi connectivity index (χ1) is 13.4. The van der Waals surface area contributed by atoms with Crippen molar-refractivity contribution in [1.82, 2.24) is 10.6 Å². The molecule has 2 amide bonds. The van der Waals surface area contributed by atoms with Gasteiger partial charge < -0.3 is 20.1 Å². The number of rotatable bonds is 8. The first-order valence-corrected chi connectivity index (χ1v) is 8.26. The second kappa shape index (κ2) is 9.63. The van der Waals surface area contributed by atoms with E-state index in [1.807, 2.05) is 0 Å². The Labute approximate surface area is 159 Å². The van der Waals surface area contributed by atoms with E-state index in [9.17, 15) is 22.8 Å². The van der Waals surface area contributed by atoms with Crippen LogP contribution in [0.4, 0.5) is 13.2 Å². The summed E-state index contributed by atoms with van der Waals surface area (Å²) >= 11 is 0. The van der Waals surface area contributed by atoms with Crippen LogP contribution in [-0.4, -0.2) is 39.1 Å². The highest BCUT2D eigenvalue weighted by Gasteiger charge is 2.18. The number of carbonyl (C=O) groups is 2. The van der Waals surface area contributed by atoms with Gasteiger partial charge in [0.25, 0.3) is 5.91 Å². The molecule has 0 saturated heterocycles. The predicted molar refractivity (Wildman–Crippen MR) is 94.9 cm³/mol. The maximum atomic E-state index is 13.5. The lowest BCUT2D eigenvalue weighted by molar-refractivity contribution is -0.120. The minimum Gasteiger partial charge on any atom is -0.493 e. The number of ether oxygens (including phenoxy) is 2. The van der Waals surface area contributed by atoms with Crippen LogP contribution in [0.1, 0.15) is 15.9 Å². The minimum atomic E-state index is -1.71. The third-order valence-electron chi connectivity index (χ3n) is 3.83. The zero-order chi connectivity index (χ0) is 20.7. The predicted octanol–water partition coefficient (Wildman–Crippen LogP) is 2.21. The number of hydrogen-bond acceptors (Lipinski definition) is 4. The van der Waals surface area contributed by atoms with Crippen LogP contribution >= 0.6 is 0 Å². The molecule has 2 aromatic carbocycles. The highest BCUT2D eigenvalue weighted by molar-refractivity contribution is 5.94. The summed E-state index contributed by atoms with van der Waals surface area (Å²) in [4.78, 5) is 23.8. The minimum absolute atomic E-state index is 0.0189. The smallest absolute Gasteiger partial charge is 0.254 e. The van der Waals surface area contributed by atoms with E-state index in [0.717, 1.165) is 6.07 Å². The number of amides is 2. The zero-order valence-corrected chi connectivity index (χ0v) is 15.3. The second-order valence-corrected chi connectivity index (χ2v) is 5.69. The summed E-state index contributed by atoms with van der Waals surface area (Å²) < 4.78 is 49.9. The fourth-order valence-corrected chi connectivity index (χ4v) is 2.41. The van der Waals surface area contributed by atoms with Gasteiger partial charge in [-0.1, -0.05) is 6.07 Å². The lowest BCUT2D eigenvalue weighted by Crippen LogP contribution is -2.35. The Morgan fingerprint density at radius 1 is 0.893 bits per heavy atom. The number of methoxy groups -OCH3 is 2. The van der Waals surface area contributed by atoms with Crippen LogP contribution in [-0.2, 0) is 11.2 Å². The van der Waals surface area contributed by atoms with E-state index in [1.165, 1.54) is 14.2 Å². The van der Waals surface area contributed by atoms with Crippen molar-refractivity contribution >= 4 is 11.8 Å². The van der Waals surface area contributed by atoms with E-state index in [1.54, 1.807) is 18.2 Å². The van der Waals surface area contributed by atoms with Gasteiger partial charge in [-0.2, -0.15) is 0 Å². The maximum Gasteiger partial charge on any atom is 0.254 e. The van der Waals surface area contributed by atoms with Crippen molar-refractivity contribution < 1.29 is 32.2 Å². The van der Waals surface area contributed by atoms with E-state index in [0.29, 0.717) is 23.1 Å². The SMILES string of the molecule is COc1ccc(CC(=O)NCCNC(=O)c2ccc(F)c(F)c2F)cc1OC. The van der Waals surface area contributed by atoms with E-state index >= 15 is 0 Å². The van der Waals surface area contributed by atoms with Gasteiger partial charge in [0.15, 0.2) is 29.0 Å². The molecule has 2 rings (SSSR count). The van der Waals surface area contributed by atoms with Gasteiger partial charge in [-0.3, -0.25) is 9.59 Å². The summed E-state index contributed by atoms with van der Waals surface area (Å²) in [6, 6.07) is 6.58. The highest BCUT2D eigenvalue weighted by atomic mass is 19.2. The summed E-state index contributed by atoms with van der Waals surface area (Å²) in [5.41, 5.74) is 0.0820. The molecular weight excluding hydrogens is 377 g/mol. The van der Waals surface area contributed by atoms with Crippen LogP contribution in [0, 0.1) is 17.5 Å². The zero-order valence-electron chi connectivity index (χ0n) is 15.3. The van der Waals surface area contributed by atoms with Gasteiger partial charge in [0.2, 0.25) is 5.91 Å². The van der Waals surface area contributed by atoms with E-state index in [2.05, 4.69) is 10.6 Å². The monoisotopic (exact) mass is 396 g/mol. The van der Waals surface area contributed by atoms with Crippen LogP contribution in [0.3, 0.4) is 0 Å². The highest BCUT2D eigenvalue weighted by Crippen LogP contribution is 2.27. The first-order valence-electron chi connectivity index (χ1n) is 8.26. The average Bonchev–Trinajstić information content (AvgIpc) is 2.69. The molecule has 0 atom stereocenters. The Kier molecular flexibility index (Phi) is 7.25. The summed E-state index contributed by atoms with van der Waals surface area (Å²) in [6.07, 6.45) is 0.0755. The van der Waals surface area contributed by atoms with Crippen LogP contribution in [0.5, 0.6) is 11.5 Å². The summed E-state index contributed by atoms with van der Waals surface area (Å²) in [6.45, 7) is 0.0537. The van der Waals surface area contributed by atoms with Crippen LogP contribution < -0.4 is 20.1 Å². The molecule has 9 heteroatoms. The summed E-state index contributed by atoms with van der Waals surface area (Å²) in [7, 11) is 2.99. The fourth-order valence-electron chi connectivity index (χ4n) is 2.41. The molecule has 0 aliphatic rings. The largest absolute Gasteiger partial charge is 0.493 e. The molecule has 0 fully saturated rings. The molecule has 0 heterocycles. The Morgan fingerprint density at radius 2 is 1.57 bits per heavy atom. The first kappa shape index (κ1) is 21.1. The number of benzene rings is 2. The number of carbonyl (C=O) groups excluding carboxylic acids is 2. The lowest BCUT2D eigenvalue weighted by atomic mass is 10.1. The van der Waals surface area contributed by atoms with Gasteiger partial charge in [-0.25, -0.2) is 13.2 Å². The topological polar surface area (TPSA) is 76.7 Å². The summed E-state index contributed by atoms with van der Waals surface area (Å²) in [5, 5.41) is 4.91. The molecule has 0 bridgehead atoms. The van der Waals surface area contributed by atoms with Crippen LogP contribution in [0.2, 0.25) is 0 Å². The third kappa shape index (κ3) is 5.15. The van der Waals surface area contributed by atoms with Crippen LogP contribution in [0.15, 0.2) is 30.3 Å². The van der Waals surface area contributed by atoms with Crippen molar-refractivity contribution in [3.05, 3.63) is 58.9 Å². The number of hydrogen-bond donors (Lipinski definition) is 2. The molecule has 0 unspecified atom stereocenters. The van der Waals surface area contributed by atoms with Gasteiger partial charge in [0.1, 0.15) is 0 Å². The van der Waals surface area contributed by atoms with Gasteiger partial charge in [0.05, 0.1) is 26.2 Å². The van der Waals surface area contributed by atoms with Crippen molar-refractivity contribution in [2.45, 2.75) is 6.42 Å². The molecule has 0 spiro atoms. The standard InChI is InChI=1S/C19H19F3N2O4/c1-27-14-6-3-11(9-15(14)28-2)10-16(25)23-7-8-24-19(26)12-4-5-13(20)18(22)17(12)21/h3-6,9H,7-8,10H2,1-2H3,(H,23,25)(H,24,26). The molecule has 28 heavy (non-hydrogen) atoms.